The number of halogens is 3. The monoisotopic (exact) mass is 378 g/mol. The third-order valence-corrected chi connectivity index (χ3v) is 5.51. The van der Waals surface area contributed by atoms with Crippen LogP contribution in [0.25, 0.3) is 21.2 Å². The Morgan fingerprint density at radius 3 is 2.77 bits per heavy atom. The van der Waals surface area contributed by atoms with Crippen LogP contribution in [0.1, 0.15) is 21.7 Å². The van der Waals surface area contributed by atoms with Gasteiger partial charge in [0, 0.05) is 27.3 Å². The van der Waals surface area contributed by atoms with Gasteiger partial charge < -0.3 is 9.47 Å². The first-order valence-electron chi connectivity index (χ1n) is 7.95. The predicted octanol–water partition coefficient (Wildman–Crippen LogP) is 5.10. The van der Waals surface area contributed by atoms with Crippen LogP contribution in [0.4, 0.5) is 13.2 Å². The van der Waals surface area contributed by atoms with Gasteiger partial charge in [-0.2, -0.15) is 0 Å². The van der Waals surface area contributed by atoms with E-state index in [-0.39, 0.29) is 27.3 Å². The molecule has 0 saturated carbocycles. The average Bonchev–Trinajstić information content (AvgIpc) is 2.99. The largest absolute Gasteiger partial charge is 0.493 e. The number of benzene rings is 2. The highest BCUT2D eigenvalue weighted by molar-refractivity contribution is 7.21. The second-order valence-electron chi connectivity index (χ2n) is 5.91. The summed E-state index contributed by atoms with van der Waals surface area (Å²) in [5.41, 5.74) is 0.0534. The van der Waals surface area contributed by atoms with Crippen LogP contribution in [0.2, 0.25) is 0 Å². The SMILES string of the molecule is COC(=O)c1sc2cc(F)ccc2c1-c1c(F)cc2c(c1F)CCCO2. The Morgan fingerprint density at radius 2 is 2.00 bits per heavy atom. The summed E-state index contributed by atoms with van der Waals surface area (Å²) in [5, 5.41) is 0.395. The van der Waals surface area contributed by atoms with E-state index < -0.39 is 23.4 Å². The first-order valence-corrected chi connectivity index (χ1v) is 8.77. The molecule has 0 N–H and O–H groups in total. The third kappa shape index (κ3) is 2.54. The molecular weight excluding hydrogens is 365 g/mol. The lowest BCUT2D eigenvalue weighted by atomic mass is 9.95. The standard InChI is InChI=1S/C19H13F3O3S/c1-24-19(23)18-15(11-5-4-9(20)7-14(11)26-18)16-12(21)8-13-10(17(16)22)3-2-6-25-13/h4-5,7-8H,2-3,6H2,1H3. The van der Waals surface area contributed by atoms with Crippen molar-refractivity contribution in [3.8, 4) is 16.9 Å². The van der Waals surface area contributed by atoms with Crippen LogP contribution in [0.3, 0.4) is 0 Å². The van der Waals surface area contributed by atoms with Gasteiger partial charge in [0.2, 0.25) is 0 Å². The molecule has 2 aromatic carbocycles. The van der Waals surface area contributed by atoms with Crippen molar-refractivity contribution in [2.75, 3.05) is 13.7 Å². The number of hydrogen-bond acceptors (Lipinski definition) is 4. The van der Waals surface area contributed by atoms with Crippen molar-refractivity contribution < 1.29 is 27.4 Å². The number of rotatable bonds is 2. The number of ether oxygens (including phenoxy) is 2. The number of esters is 1. The summed E-state index contributed by atoms with van der Waals surface area (Å²) >= 11 is 0.941. The zero-order valence-corrected chi connectivity index (χ0v) is 14.5. The topological polar surface area (TPSA) is 35.5 Å². The quantitative estimate of drug-likeness (QED) is 0.582. The normalized spacial score (nSPS) is 13.4. The summed E-state index contributed by atoms with van der Waals surface area (Å²) in [7, 11) is 1.19. The highest BCUT2D eigenvalue weighted by Crippen LogP contribution is 2.44. The predicted molar refractivity (Wildman–Crippen MR) is 92.3 cm³/mol. The van der Waals surface area contributed by atoms with E-state index in [2.05, 4.69) is 0 Å². The maximum absolute atomic E-state index is 15.2. The Kier molecular flexibility index (Phi) is 4.11. The first-order chi connectivity index (χ1) is 12.5. The summed E-state index contributed by atoms with van der Waals surface area (Å²) in [5.74, 6) is -2.64. The molecule has 0 bridgehead atoms. The Hall–Kier alpha value is -2.54. The molecular formula is C19H13F3O3S. The van der Waals surface area contributed by atoms with Crippen LogP contribution in [0.15, 0.2) is 24.3 Å². The van der Waals surface area contributed by atoms with Gasteiger partial charge in [0.1, 0.15) is 28.1 Å². The van der Waals surface area contributed by atoms with Crippen molar-refractivity contribution in [2.45, 2.75) is 12.8 Å². The molecule has 0 fully saturated rings. The van der Waals surface area contributed by atoms with Gasteiger partial charge in [-0.1, -0.05) is 0 Å². The van der Waals surface area contributed by atoms with Crippen molar-refractivity contribution in [3.63, 3.8) is 0 Å². The number of carbonyl (C=O) groups excluding carboxylic acids is 1. The minimum atomic E-state index is -0.836. The van der Waals surface area contributed by atoms with Crippen LogP contribution >= 0.6 is 11.3 Å². The van der Waals surface area contributed by atoms with Crippen molar-refractivity contribution >= 4 is 27.4 Å². The number of carbonyl (C=O) groups is 1. The van der Waals surface area contributed by atoms with Gasteiger partial charge in [0.15, 0.2) is 0 Å². The number of methoxy groups -OCH3 is 1. The van der Waals surface area contributed by atoms with E-state index in [1.165, 1.54) is 25.3 Å². The molecule has 7 heteroatoms. The molecule has 0 radical (unpaired) electrons. The van der Waals surface area contributed by atoms with Gasteiger partial charge in [-0.15, -0.1) is 11.3 Å². The summed E-state index contributed by atoms with van der Waals surface area (Å²) in [6, 6.07) is 4.98. The minimum absolute atomic E-state index is 0.0302. The molecule has 1 aromatic heterocycles. The Bertz CT molecular complexity index is 1040. The molecule has 0 spiro atoms. The van der Waals surface area contributed by atoms with Crippen LogP contribution in [0, 0.1) is 17.5 Å². The summed E-state index contributed by atoms with van der Waals surface area (Å²) < 4.78 is 54.1. The lowest BCUT2D eigenvalue weighted by Crippen LogP contribution is -2.12. The summed E-state index contributed by atoms with van der Waals surface area (Å²) in [6.07, 6.45) is 1.03. The van der Waals surface area contributed by atoms with E-state index in [1.54, 1.807) is 0 Å². The molecule has 0 amide bonds. The fourth-order valence-electron chi connectivity index (χ4n) is 3.22. The second kappa shape index (κ2) is 6.32. The minimum Gasteiger partial charge on any atom is -0.493 e. The molecule has 1 aliphatic rings. The van der Waals surface area contributed by atoms with Crippen LogP contribution < -0.4 is 4.74 Å². The van der Waals surface area contributed by atoms with E-state index in [9.17, 15) is 13.6 Å². The van der Waals surface area contributed by atoms with Crippen LogP contribution in [-0.4, -0.2) is 19.7 Å². The number of hydrogen-bond donors (Lipinski definition) is 0. The van der Waals surface area contributed by atoms with Gasteiger partial charge in [-0.05, 0) is 31.0 Å². The zero-order chi connectivity index (χ0) is 18.4. The smallest absolute Gasteiger partial charge is 0.348 e. The molecule has 134 valence electrons. The maximum atomic E-state index is 15.2. The molecule has 1 aliphatic heterocycles. The highest BCUT2D eigenvalue weighted by Gasteiger charge is 2.29. The maximum Gasteiger partial charge on any atom is 0.348 e. The third-order valence-electron chi connectivity index (χ3n) is 4.38. The molecule has 0 atom stereocenters. The Balaban J connectivity index is 2.07. The van der Waals surface area contributed by atoms with Gasteiger partial charge in [0.05, 0.1) is 19.3 Å². The fraction of sp³-hybridized carbons (Fsp3) is 0.211. The Labute approximate surface area is 151 Å². The van der Waals surface area contributed by atoms with E-state index >= 15 is 4.39 Å². The molecule has 3 nitrogen and oxygen atoms in total. The van der Waals surface area contributed by atoms with E-state index in [4.69, 9.17) is 9.47 Å². The fourth-order valence-corrected chi connectivity index (χ4v) is 4.37. The highest BCUT2D eigenvalue weighted by atomic mass is 32.1. The van der Waals surface area contributed by atoms with Crippen molar-refractivity contribution in [1.29, 1.82) is 0 Å². The van der Waals surface area contributed by atoms with Gasteiger partial charge in [-0.3, -0.25) is 0 Å². The lowest BCUT2D eigenvalue weighted by Gasteiger charge is -2.20. The lowest BCUT2D eigenvalue weighted by molar-refractivity contribution is 0.0607. The van der Waals surface area contributed by atoms with Crippen molar-refractivity contribution in [3.05, 3.63) is 52.2 Å². The number of fused-ring (bicyclic) bond motifs is 2. The molecule has 0 unspecified atom stereocenters. The number of thiophene rings is 1. The average molecular weight is 378 g/mol. The molecule has 0 saturated heterocycles. The zero-order valence-electron chi connectivity index (χ0n) is 13.7. The van der Waals surface area contributed by atoms with Crippen LogP contribution in [-0.2, 0) is 11.2 Å². The first kappa shape index (κ1) is 16.9. The van der Waals surface area contributed by atoms with Crippen molar-refractivity contribution in [2.24, 2.45) is 0 Å². The second-order valence-corrected chi connectivity index (χ2v) is 6.97. The van der Waals surface area contributed by atoms with Crippen molar-refractivity contribution in [1.82, 2.24) is 0 Å². The molecule has 0 aliphatic carbocycles. The van der Waals surface area contributed by atoms with Gasteiger partial charge >= 0.3 is 5.97 Å². The molecule has 26 heavy (non-hydrogen) atoms. The van der Waals surface area contributed by atoms with Crippen LogP contribution in [0.5, 0.6) is 5.75 Å². The summed E-state index contributed by atoms with van der Waals surface area (Å²) in [6.45, 7) is 0.402. The van der Waals surface area contributed by atoms with E-state index in [0.29, 0.717) is 29.5 Å². The van der Waals surface area contributed by atoms with Gasteiger partial charge in [0.25, 0.3) is 0 Å². The van der Waals surface area contributed by atoms with E-state index in [1.807, 2.05) is 0 Å². The molecule has 3 aromatic rings. The Morgan fingerprint density at radius 1 is 1.19 bits per heavy atom. The molecule has 4 rings (SSSR count). The summed E-state index contributed by atoms with van der Waals surface area (Å²) in [4.78, 5) is 12.2. The van der Waals surface area contributed by atoms with E-state index in [0.717, 1.165) is 17.4 Å². The van der Waals surface area contributed by atoms with Gasteiger partial charge in [-0.25, -0.2) is 18.0 Å². The molecule has 2 heterocycles.